The molecule has 0 fully saturated rings. The number of hydrogen-bond acceptors (Lipinski definition) is 4. The molecule has 0 aliphatic rings. The molecule has 0 saturated heterocycles. The van der Waals surface area contributed by atoms with E-state index in [0.717, 1.165) is 6.33 Å². The number of aromatic nitrogens is 2. The zero-order valence-corrected chi connectivity index (χ0v) is 5.88. The number of H-pyrrole nitrogens is 1. The van der Waals surface area contributed by atoms with Crippen molar-refractivity contribution in [2.75, 3.05) is 0 Å². The van der Waals surface area contributed by atoms with Crippen molar-refractivity contribution < 1.29 is 5.11 Å². The maximum absolute atomic E-state index is 10.9. The number of hydrogen-bond donors (Lipinski definition) is 3. The summed E-state index contributed by atoms with van der Waals surface area (Å²) >= 11 is 0. The van der Waals surface area contributed by atoms with Gasteiger partial charge in [0, 0.05) is 5.71 Å². The largest absolute Gasteiger partial charge is 0.493 e. The predicted octanol–water partition coefficient (Wildman–Crippen LogP) is -0.137. The van der Waals surface area contributed by atoms with Crippen LogP contribution in [0.1, 0.15) is 12.5 Å². The lowest BCUT2D eigenvalue weighted by molar-refractivity contribution is 0.449. The second kappa shape index (κ2) is 2.53. The van der Waals surface area contributed by atoms with E-state index in [-0.39, 0.29) is 11.3 Å². The number of rotatable bonds is 1. The molecule has 3 N–H and O–H groups in total. The summed E-state index contributed by atoms with van der Waals surface area (Å²) in [7, 11) is 0. The molecule has 0 amide bonds. The van der Waals surface area contributed by atoms with Gasteiger partial charge in [0.25, 0.3) is 5.56 Å². The first-order valence-corrected chi connectivity index (χ1v) is 2.95. The Morgan fingerprint density at radius 2 is 2.45 bits per heavy atom. The van der Waals surface area contributed by atoms with Crippen LogP contribution in [-0.4, -0.2) is 20.8 Å². The van der Waals surface area contributed by atoms with Crippen molar-refractivity contribution in [3.63, 3.8) is 0 Å². The van der Waals surface area contributed by atoms with Gasteiger partial charge in [-0.15, -0.1) is 0 Å². The lowest BCUT2D eigenvalue weighted by atomic mass is 10.2. The van der Waals surface area contributed by atoms with Gasteiger partial charge >= 0.3 is 0 Å². The second-order valence-corrected chi connectivity index (χ2v) is 2.06. The van der Waals surface area contributed by atoms with Crippen LogP contribution in [0.25, 0.3) is 0 Å². The van der Waals surface area contributed by atoms with E-state index in [9.17, 15) is 4.79 Å². The summed E-state index contributed by atoms with van der Waals surface area (Å²) in [6.45, 7) is 1.41. The van der Waals surface area contributed by atoms with E-state index in [1.54, 1.807) is 0 Å². The smallest absolute Gasteiger partial charge is 0.263 e. The predicted molar refractivity (Wildman–Crippen MR) is 39.0 cm³/mol. The fourth-order valence-electron chi connectivity index (χ4n) is 0.728. The van der Waals surface area contributed by atoms with Crippen molar-refractivity contribution in [3.8, 4) is 5.88 Å². The van der Waals surface area contributed by atoms with Gasteiger partial charge in [-0.3, -0.25) is 4.79 Å². The van der Waals surface area contributed by atoms with Crippen molar-refractivity contribution in [1.29, 1.82) is 5.41 Å². The first-order valence-electron chi connectivity index (χ1n) is 2.95. The summed E-state index contributed by atoms with van der Waals surface area (Å²) in [6, 6.07) is 0. The molecule has 0 unspecified atom stereocenters. The summed E-state index contributed by atoms with van der Waals surface area (Å²) in [5, 5.41) is 16.1. The van der Waals surface area contributed by atoms with E-state index >= 15 is 0 Å². The minimum atomic E-state index is -0.495. The van der Waals surface area contributed by atoms with Crippen molar-refractivity contribution in [2.45, 2.75) is 6.92 Å². The number of aromatic hydroxyl groups is 1. The first-order chi connectivity index (χ1) is 5.13. The molecule has 0 spiro atoms. The zero-order chi connectivity index (χ0) is 8.43. The van der Waals surface area contributed by atoms with Gasteiger partial charge in [0.1, 0.15) is 5.56 Å². The van der Waals surface area contributed by atoms with E-state index in [2.05, 4.69) is 9.97 Å². The topological polar surface area (TPSA) is 89.8 Å². The quantitative estimate of drug-likeness (QED) is 0.490. The molecule has 58 valence electrons. The van der Waals surface area contributed by atoms with Crippen LogP contribution < -0.4 is 5.56 Å². The summed E-state index contributed by atoms with van der Waals surface area (Å²) in [5.74, 6) is -0.402. The monoisotopic (exact) mass is 153 g/mol. The molecule has 0 aromatic carbocycles. The molecule has 1 aromatic rings. The van der Waals surface area contributed by atoms with E-state index < -0.39 is 11.4 Å². The molecule has 1 aromatic heterocycles. The SMILES string of the molecule is CC(=N)c1c(O)nc[nH]c1=O. The fourth-order valence-corrected chi connectivity index (χ4v) is 0.728. The molecule has 5 nitrogen and oxygen atoms in total. The summed E-state index contributed by atoms with van der Waals surface area (Å²) < 4.78 is 0. The van der Waals surface area contributed by atoms with Gasteiger partial charge in [0.2, 0.25) is 5.88 Å². The van der Waals surface area contributed by atoms with Gasteiger partial charge < -0.3 is 15.5 Å². The third-order valence-electron chi connectivity index (χ3n) is 1.21. The maximum Gasteiger partial charge on any atom is 0.263 e. The van der Waals surface area contributed by atoms with Gasteiger partial charge in [0.05, 0.1) is 6.33 Å². The Kier molecular flexibility index (Phi) is 1.72. The molecular weight excluding hydrogens is 146 g/mol. The Morgan fingerprint density at radius 3 is 2.82 bits per heavy atom. The molecule has 0 aliphatic heterocycles. The van der Waals surface area contributed by atoms with E-state index in [1.807, 2.05) is 0 Å². The third-order valence-corrected chi connectivity index (χ3v) is 1.21. The van der Waals surface area contributed by atoms with Gasteiger partial charge in [-0.05, 0) is 6.92 Å². The van der Waals surface area contributed by atoms with Crippen LogP contribution >= 0.6 is 0 Å². The summed E-state index contributed by atoms with van der Waals surface area (Å²) in [5.41, 5.74) is -0.575. The van der Waals surface area contributed by atoms with Gasteiger partial charge in [-0.25, -0.2) is 4.98 Å². The van der Waals surface area contributed by atoms with E-state index in [4.69, 9.17) is 10.5 Å². The Hall–Kier alpha value is -1.65. The first kappa shape index (κ1) is 7.46. The standard InChI is InChI=1S/C6H7N3O2/c1-3(7)4-5(10)8-2-9-6(4)11/h2,7H,1H3,(H2,8,9,10,11). The molecule has 0 aliphatic carbocycles. The highest BCUT2D eigenvalue weighted by molar-refractivity contribution is 5.97. The molecule has 1 heterocycles. The lowest BCUT2D eigenvalue weighted by Crippen LogP contribution is -2.16. The molecule has 0 radical (unpaired) electrons. The maximum atomic E-state index is 10.9. The van der Waals surface area contributed by atoms with E-state index in [0.29, 0.717) is 0 Å². The van der Waals surface area contributed by atoms with Gasteiger partial charge in [0.15, 0.2) is 0 Å². The van der Waals surface area contributed by atoms with Crippen molar-refractivity contribution in [1.82, 2.24) is 9.97 Å². The van der Waals surface area contributed by atoms with Crippen molar-refractivity contribution >= 4 is 5.71 Å². The zero-order valence-electron chi connectivity index (χ0n) is 5.88. The molecular formula is C6H7N3O2. The Morgan fingerprint density at radius 1 is 1.82 bits per heavy atom. The minimum Gasteiger partial charge on any atom is -0.493 e. The molecule has 0 atom stereocenters. The second-order valence-electron chi connectivity index (χ2n) is 2.06. The fraction of sp³-hybridized carbons (Fsp3) is 0.167. The Bertz CT molecular complexity index is 342. The number of aromatic amines is 1. The normalized spacial score (nSPS) is 9.55. The van der Waals surface area contributed by atoms with Crippen molar-refractivity contribution in [3.05, 3.63) is 22.2 Å². The van der Waals surface area contributed by atoms with Crippen LogP contribution in [0.3, 0.4) is 0 Å². The highest BCUT2D eigenvalue weighted by Crippen LogP contribution is 2.05. The Balaban J connectivity index is 3.45. The highest BCUT2D eigenvalue weighted by Gasteiger charge is 2.07. The molecule has 5 heteroatoms. The van der Waals surface area contributed by atoms with Crippen molar-refractivity contribution in [2.24, 2.45) is 0 Å². The van der Waals surface area contributed by atoms with Crippen LogP contribution in [0.15, 0.2) is 11.1 Å². The molecule has 0 bridgehead atoms. The van der Waals surface area contributed by atoms with Gasteiger partial charge in [-0.2, -0.15) is 0 Å². The van der Waals surface area contributed by atoms with Crippen LogP contribution in [0, 0.1) is 5.41 Å². The molecule has 11 heavy (non-hydrogen) atoms. The van der Waals surface area contributed by atoms with Crippen LogP contribution in [-0.2, 0) is 0 Å². The number of nitrogens with zero attached hydrogens (tertiary/aromatic N) is 1. The summed E-state index contributed by atoms with van der Waals surface area (Å²) in [4.78, 5) is 16.6. The van der Waals surface area contributed by atoms with Crippen LogP contribution in [0.2, 0.25) is 0 Å². The average molecular weight is 153 g/mol. The highest BCUT2D eigenvalue weighted by atomic mass is 16.3. The lowest BCUT2D eigenvalue weighted by Gasteiger charge is -1.96. The van der Waals surface area contributed by atoms with Crippen LogP contribution in [0.5, 0.6) is 5.88 Å². The van der Waals surface area contributed by atoms with Gasteiger partial charge in [-0.1, -0.05) is 0 Å². The average Bonchev–Trinajstić information content (AvgIpc) is 1.85. The third kappa shape index (κ3) is 1.26. The molecule has 0 saturated carbocycles. The van der Waals surface area contributed by atoms with E-state index in [1.165, 1.54) is 6.92 Å². The van der Waals surface area contributed by atoms with Crippen LogP contribution in [0.4, 0.5) is 0 Å². The minimum absolute atomic E-state index is 0.00292. The summed E-state index contributed by atoms with van der Waals surface area (Å²) in [6.07, 6.45) is 1.09. The number of nitrogens with one attached hydrogen (secondary N) is 2. The Labute approximate surface area is 62.2 Å². The molecule has 1 rings (SSSR count).